The molecule has 0 unspecified atom stereocenters. The monoisotopic (exact) mass is 188 g/mol. The third-order valence-corrected chi connectivity index (χ3v) is 2.08. The molecule has 14 heavy (non-hydrogen) atoms. The average Bonchev–Trinajstić information content (AvgIpc) is 2.70. The highest BCUT2D eigenvalue weighted by molar-refractivity contribution is 5.39. The van der Waals surface area contributed by atoms with Crippen LogP contribution in [-0.4, -0.2) is 15.0 Å². The Labute approximate surface area is 82.4 Å². The van der Waals surface area contributed by atoms with E-state index in [-0.39, 0.29) is 0 Å². The highest BCUT2D eigenvalue weighted by atomic mass is 15.4. The van der Waals surface area contributed by atoms with E-state index >= 15 is 0 Å². The van der Waals surface area contributed by atoms with Crippen LogP contribution in [0.5, 0.6) is 0 Å². The molecule has 0 bridgehead atoms. The molecule has 0 aliphatic heterocycles. The zero-order valence-electron chi connectivity index (χ0n) is 7.80. The summed E-state index contributed by atoms with van der Waals surface area (Å²) in [7, 11) is 0. The van der Waals surface area contributed by atoms with Gasteiger partial charge >= 0.3 is 0 Å². The van der Waals surface area contributed by atoms with Crippen LogP contribution in [0.15, 0.2) is 36.7 Å². The third kappa shape index (κ3) is 2.10. The molecule has 1 heterocycles. The van der Waals surface area contributed by atoms with E-state index in [1.54, 1.807) is 6.20 Å². The lowest BCUT2D eigenvalue weighted by Crippen LogP contribution is -2.02. The number of aromatic nitrogens is 3. The van der Waals surface area contributed by atoms with Crippen LogP contribution >= 0.6 is 0 Å². The van der Waals surface area contributed by atoms with Crippen LogP contribution in [0.3, 0.4) is 0 Å². The molecule has 0 fully saturated rings. The summed E-state index contributed by atoms with van der Waals surface area (Å²) in [6.07, 6.45) is 4.49. The van der Waals surface area contributed by atoms with Gasteiger partial charge in [0.1, 0.15) is 0 Å². The maximum Gasteiger partial charge on any atom is 0.0692 e. The molecule has 0 atom stereocenters. The molecule has 0 saturated heterocycles. The van der Waals surface area contributed by atoms with E-state index in [4.69, 9.17) is 5.73 Å². The van der Waals surface area contributed by atoms with E-state index < -0.39 is 0 Å². The van der Waals surface area contributed by atoms with Gasteiger partial charge in [-0.15, -0.1) is 5.10 Å². The number of rotatable bonds is 3. The molecule has 2 rings (SSSR count). The summed E-state index contributed by atoms with van der Waals surface area (Å²) in [5.74, 6) is 0. The Kier molecular flexibility index (Phi) is 2.44. The van der Waals surface area contributed by atoms with Crippen molar-refractivity contribution in [3.8, 4) is 0 Å². The van der Waals surface area contributed by atoms with E-state index in [1.807, 2.05) is 35.1 Å². The first-order valence-electron chi connectivity index (χ1n) is 4.53. The Morgan fingerprint density at radius 1 is 1.21 bits per heavy atom. The van der Waals surface area contributed by atoms with Crippen molar-refractivity contribution in [3.05, 3.63) is 42.2 Å². The van der Waals surface area contributed by atoms with Gasteiger partial charge in [0, 0.05) is 18.4 Å². The van der Waals surface area contributed by atoms with Crippen LogP contribution in [0.4, 0.5) is 5.69 Å². The van der Waals surface area contributed by atoms with Crippen molar-refractivity contribution >= 4 is 5.69 Å². The minimum Gasteiger partial charge on any atom is -0.399 e. The lowest BCUT2D eigenvalue weighted by molar-refractivity contribution is 0.589. The summed E-state index contributed by atoms with van der Waals surface area (Å²) in [6.45, 7) is 0.851. The minimum absolute atomic E-state index is 0.800. The highest BCUT2D eigenvalue weighted by Gasteiger charge is 1.94. The number of anilines is 1. The lowest BCUT2D eigenvalue weighted by Gasteiger charge is -2.01. The van der Waals surface area contributed by atoms with Crippen molar-refractivity contribution in [1.29, 1.82) is 0 Å². The SMILES string of the molecule is Nc1ccc(CCn2ccnn2)cc1. The molecule has 2 aromatic rings. The fourth-order valence-corrected chi connectivity index (χ4v) is 1.28. The Morgan fingerprint density at radius 2 is 2.00 bits per heavy atom. The Bertz CT molecular complexity index is 377. The first kappa shape index (κ1) is 8.74. The summed E-state index contributed by atoms with van der Waals surface area (Å²) < 4.78 is 1.82. The predicted octanol–water partition coefficient (Wildman–Crippen LogP) is 1.10. The van der Waals surface area contributed by atoms with E-state index in [2.05, 4.69) is 10.3 Å². The van der Waals surface area contributed by atoms with Crippen molar-refractivity contribution in [2.45, 2.75) is 13.0 Å². The first-order chi connectivity index (χ1) is 6.84. The second kappa shape index (κ2) is 3.91. The zero-order chi connectivity index (χ0) is 9.80. The van der Waals surface area contributed by atoms with Gasteiger partial charge in [-0.05, 0) is 24.1 Å². The number of benzene rings is 1. The van der Waals surface area contributed by atoms with Crippen LogP contribution in [0.25, 0.3) is 0 Å². The standard InChI is InChI=1S/C10H12N4/c11-10-3-1-9(2-4-10)5-7-14-8-6-12-13-14/h1-4,6,8H,5,7,11H2. The van der Waals surface area contributed by atoms with Gasteiger partial charge in [0.15, 0.2) is 0 Å². The van der Waals surface area contributed by atoms with Crippen molar-refractivity contribution < 1.29 is 0 Å². The molecule has 4 heteroatoms. The number of hydrogen-bond acceptors (Lipinski definition) is 3. The van der Waals surface area contributed by atoms with Gasteiger partial charge in [0.25, 0.3) is 0 Å². The maximum absolute atomic E-state index is 5.59. The smallest absolute Gasteiger partial charge is 0.0692 e. The summed E-state index contributed by atoms with van der Waals surface area (Å²) in [6, 6.07) is 7.89. The van der Waals surface area contributed by atoms with Gasteiger partial charge < -0.3 is 5.73 Å². The van der Waals surface area contributed by atoms with Gasteiger partial charge in [0.2, 0.25) is 0 Å². The molecule has 1 aromatic carbocycles. The van der Waals surface area contributed by atoms with Crippen LogP contribution in [0.2, 0.25) is 0 Å². The zero-order valence-corrected chi connectivity index (χ0v) is 7.80. The lowest BCUT2D eigenvalue weighted by atomic mass is 10.1. The second-order valence-corrected chi connectivity index (χ2v) is 3.16. The number of nitrogen functional groups attached to an aromatic ring is 1. The summed E-state index contributed by atoms with van der Waals surface area (Å²) >= 11 is 0. The molecule has 0 aliphatic rings. The summed E-state index contributed by atoms with van der Waals surface area (Å²) in [4.78, 5) is 0. The van der Waals surface area contributed by atoms with E-state index in [9.17, 15) is 0 Å². The Morgan fingerprint density at radius 3 is 2.64 bits per heavy atom. The van der Waals surface area contributed by atoms with Gasteiger partial charge in [-0.25, -0.2) is 0 Å². The molecule has 0 saturated carbocycles. The van der Waals surface area contributed by atoms with Crippen molar-refractivity contribution in [3.63, 3.8) is 0 Å². The first-order valence-corrected chi connectivity index (χ1v) is 4.53. The number of nitrogens with zero attached hydrogens (tertiary/aromatic N) is 3. The molecule has 0 spiro atoms. The van der Waals surface area contributed by atoms with E-state index in [0.29, 0.717) is 0 Å². The molecule has 1 aromatic heterocycles. The number of nitrogens with two attached hydrogens (primary N) is 1. The average molecular weight is 188 g/mol. The molecular weight excluding hydrogens is 176 g/mol. The second-order valence-electron chi connectivity index (χ2n) is 3.16. The van der Waals surface area contributed by atoms with Crippen LogP contribution in [-0.2, 0) is 13.0 Å². The van der Waals surface area contributed by atoms with E-state index in [1.165, 1.54) is 5.56 Å². The molecule has 0 amide bonds. The summed E-state index contributed by atoms with van der Waals surface area (Å²) in [5.41, 5.74) is 7.65. The van der Waals surface area contributed by atoms with Crippen molar-refractivity contribution in [2.75, 3.05) is 5.73 Å². The normalized spacial score (nSPS) is 10.3. The quantitative estimate of drug-likeness (QED) is 0.734. The third-order valence-electron chi connectivity index (χ3n) is 2.08. The minimum atomic E-state index is 0.800. The number of aryl methyl sites for hydroxylation is 2. The van der Waals surface area contributed by atoms with E-state index in [0.717, 1.165) is 18.7 Å². The van der Waals surface area contributed by atoms with Crippen molar-refractivity contribution in [1.82, 2.24) is 15.0 Å². The Balaban J connectivity index is 1.95. The predicted molar refractivity (Wildman–Crippen MR) is 54.6 cm³/mol. The van der Waals surface area contributed by atoms with Gasteiger partial charge in [0.05, 0.1) is 6.20 Å². The fraction of sp³-hybridized carbons (Fsp3) is 0.200. The number of hydrogen-bond donors (Lipinski definition) is 1. The van der Waals surface area contributed by atoms with Crippen molar-refractivity contribution in [2.24, 2.45) is 0 Å². The highest BCUT2D eigenvalue weighted by Crippen LogP contribution is 2.06. The molecule has 0 radical (unpaired) electrons. The molecule has 4 nitrogen and oxygen atoms in total. The molecule has 2 N–H and O–H groups in total. The summed E-state index contributed by atoms with van der Waals surface area (Å²) in [5, 5.41) is 7.63. The molecule has 72 valence electrons. The topological polar surface area (TPSA) is 56.7 Å². The van der Waals surface area contributed by atoms with Crippen LogP contribution in [0, 0.1) is 0 Å². The van der Waals surface area contributed by atoms with Crippen LogP contribution < -0.4 is 5.73 Å². The fourth-order valence-electron chi connectivity index (χ4n) is 1.28. The van der Waals surface area contributed by atoms with Gasteiger partial charge in [-0.3, -0.25) is 4.68 Å². The maximum atomic E-state index is 5.59. The van der Waals surface area contributed by atoms with Gasteiger partial charge in [-0.2, -0.15) is 0 Å². The molecule has 0 aliphatic carbocycles. The Hall–Kier alpha value is -1.84. The van der Waals surface area contributed by atoms with Gasteiger partial charge in [-0.1, -0.05) is 17.3 Å². The van der Waals surface area contributed by atoms with Crippen LogP contribution in [0.1, 0.15) is 5.56 Å². The largest absolute Gasteiger partial charge is 0.399 e. The molecular formula is C10H12N4.